The first-order valence-corrected chi connectivity index (χ1v) is 7.53. The highest BCUT2D eigenvalue weighted by atomic mass is 16.6. The molecule has 0 saturated heterocycles. The fourth-order valence-electron chi connectivity index (χ4n) is 2.27. The fourth-order valence-corrected chi connectivity index (χ4v) is 2.27. The van der Waals surface area contributed by atoms with Gasteiger partial charge in [-0.1, -0.05) is 5.16 Å². The van der Waals surface area contributed by atoms with E-state index < -0.39 is 11.4 Å². The normalized spacial score (nSPS) is 14.5. The van der Waals surface area contributed by atoms with E-state index in [2.05, 4.69) is 10.1 Å². The highest BCUT2D eigenvalue weighted by Crippen LogP contribution is 2.28. The van der Waals surface area contributed by atoms with E-state index in [1.807, 2.05) is 6.92 Å². The molecular formula is C16H17N3O4. The van der Waals surface area contributed by atoms with Gasteiger partial charge in [-0.15, -0.1) is 0 Å². The largest absolute Gasteiger partial charge is 0.477 e. The molecule has 0 amide bonds. The average Bonchev–Trinajstić information content (AvgIpc) is 3.36. The summed E-state index contributed by atoms with van der Waals surface area (Å²) >= 11 is 0. The zero-order valence-electron chi connectivity index (χ0n) is 12.7. The van der Waals surface area contributed by atoms with E-state index in [0.717, 1.165) is 0 Å². The van der Waals surface area contributed by atoms with Crippen molar-refractivity contribution < 1.29 is 14.7 Å². The molecule has 0 atom stereocenters. The number of hydrogen-bond donors (Lipinski definition) is 1. The van der Waals surface area contributed by atoms with Crippen molar-refractivity contribution in [3.05, 3.63) is 39.8 Å². The van der Waals surface area contributed by atoms with Gasteiger partial charge in [-0.2, -0.15) is 0 Å². The maximum Gasteiger partial charge on any atom is 0.341 e. The van der Waals surface area contributed by atoms with Crippen LogP contribution in [0.3, 0.4) is 0 Å². The quantitative estimate of drug-likeness (QED) is 0.649. The number of carboxylic acid groups (broad SMARTS) is 1. The molecule has 0 radical (unpaired) electrons. The molecule has 0 bridgehead atoms. The molecule has 1 N–H and O–H groups in total. The van der Waals surface area contributed by atoms with Crippen molar-refractivity contribution in [1.82, 2.24) is 9.55 Å². The molecule has 1 aliphatic rings. The Morgan fingerprint density at radius 3 is 2.96 bits per heavy atom. The van der Waals surface area contributed by atoms with Crippen LogP contribution < -0.4 is 5.43 Å². The Morgan fingerprint density at radius 2 is 2.30 bits per heavy atom. The average molecular weight is 315 g/mol. The number of fused-ring (bicyclic) bond motifs is 1. The van der Waals surface area contributed by atoms with E-state index in [-0.39, 0.29) is 10.9 Å². The van der Waals surface area contributed by atoms with Crippen molar-refractivity contribution in [1.29, 1.82) is 0 Å². The summed E-state index contributed by atoms with van der Waals surface area (Å²) in [6.45, 7) is 2.98. The predicted molar refractivity (Wildman–Crippen MR) is 84.9 cm³/mol. The summed E-state index contributed by atoms with van der Waals surface area (Å²) in [7, 11) is 0. The second-order valence-electron chi connectivity index (χ2n) is 5.54. The Bertz CT molecular complexity index is 837. The first-order valence-electron chi connectivity index (χ1n) is 7.53. The minimum atomic E-state index is -1.24. The second-order valence-corrected chi connectivity index (χ2v) is 5.54. The number of carbonyl (C=O) groups is 1. The molecule has 2 heterocycles. The summed E-state index contributed by atoms with van der Waals surface area (Å²) in [5.41, 5.74) is 0.208. The lowest BCUT2D eigenvalue weighted by atomic mass is 10.2. The summed E-state index contributed by atoms with van der Waals surface area (Å²) in [6, 6.07) is 3.20. The van der Waals surface area contributed by atoms with Crippen LogP contribution in [0.5, 0.6) is 0 Å². The van der Waals surface area contributed by atoms with Gasteiger partial charge in [0.2, 0.25) is 5.43 Å². The Morgan fingerprint density at radius 1 is 1.52 bits per heavy atom. The third-order valence-electron chi connectivity index (χ3n) is 3.78. The van der Waals surface area contributed by atoms with Crippen LogP contribution in [-0.2, 0) is 11.4 Å². The van der Waals surface area contributed by atoms with Gasteiger partial charge in [0.1, 0.15) is 17.8 Å². The van der Waals surface area contributed by atoms with Gasteiger partial charge in [-0.05, 0) is 37.8 Å². The van der Waals surface area contributed by atoms with Gasteiger partial charge >= 0.3 is 5.97 Å². The van der Waals surface area contributed by atoms with Crippen LogP contribution in [0.25, 0.3) is 11.0 Å². The molecule has 0 unspecified atom stereocenters. The minimum Gasteiger partial charge on any atom is -0.477 e. The molecule has 0 spiro atoms. The van der Waals surface area contributed by atoms with E-state index in [4.69, 9.17) is 9.94 Å². The highest BCUT2D eigenvalue weighted by Gasteiger charge is 2.21. The van der Waals surface area contributed by atoms with Crippen LogP contribution in [0.15, 0.2) is 28.3 Å². The summed E-state index contributed by atoms with van der Waals surface area (Å²) in [6.07, 6.45) is 5.21. The third kappa shape index (κ3) is 3.23. The molecule has 0 aliphatic heterocycles. The van der Waals surface area contributed by atoms with Crippen LogP contribution in [0.1, 0.15) is 35.8 Å². The standard InChI is InChI=1S/C16H17N3O4/c1-2-19-8-13(16(21)22)14(20)12-6-5-11(18-15(12)19)7-17-23-9-10-3-4-10/h5-8,10H,2-4,9H2,1H3,(H,21,22)/b17-7+. The van der Waals surface area contributed by atoms with Gasteiger partial charge in [-0.3, -0.25) is 4.79 Å². The molecule has 0 aromatic carbocycles. The minimum absolute atomic E-state index is 0.254. The number of carboxylic acids is 1. The number of oxime groups is 1. The van der Waals surface area contributed by atoms with Crippen LogP contribution in [0.4, 0.5) is 0 Å². The maximum atomic E-state index is 12.2. The van der Waals surface area contributed by atoms with Crippen molar-refractivity contribution >= 4 is 23.2 Å². The number of nitrogens with zero attached hydrogens (tertiary/aromatic N) is 3. The van der Waals surface area contributed by atoms with Gasteiger partial charge in [0.15, 0.2) is 0 Å². The van der Waals surface area contributed by atoms with E-state index in [9.17, 15) is 9.59 Å². The number of pyridine rings is 2. The van der Waals surface area contributed by atoms with Crippen molar-refractivity contribution in [2.45, 2.75) is 26.3 Å². The zero-order valence-corrected chi connectivity index (χ0v) is 12.7. The molecule has 1 saturated carbocycles. The highest BCUT2D eigenvalue weighted by molar-refractivity contribution is 5.92. The van der Waals surface area contributed by atoms with Gasteiger partial charge in [-0.25, -0.2) is 9.78 Å². The number of aromatic carboxylic acids is 1. The van der Waals surface area contributed by atoms with E-state index >= 15 is 0 Å². The SMILES string of the molecule is CCn1cc(C(=O)O)c(=O)c2ccc(/C=N/OCC3CC3)nc21. The third-order valence-corrected chi connectivity index (χ3v) is 3.78. The van der Waals surface area contributed by atoms with Crippen LogP contribution in [0.2, 0.25) is 0 Å². The lowest BCUT2D eigenvalue weighted by Gasteiger charge is -2.09. The summed E-state index contributed by atoms with van der Waals surface area (Å²) in [5.74, 6) is -0.616. The molecule has 1 aliphatic carbocycles. The van der Waals surface area contributed by atoms with Crippen molar-refractivity contribution in [2.75, 3.05) is 6.61 Å². The lowest BCUT2D eigenvalue weighted by Crippen LogP contribution is -2.19. The smallest absolute Gasteiger partial charge is 0.341 e. The molecule has 120 valence electrons. The van der Waals surface area contributed by atoms with E-state index in [0.29, 0.717) is 30.4 Å². The first-order chi connectivity index (χ1) is 11.1. The Labute approximate surface area is 132 Å². The molecule has 2 aromatic rings. The molecule has 1 fully saturated rings. The van der Waals surface area contributed by atoms with Crippen molar-refractivity contribution in [2.24, 2.45) is 11.1 Å². The molecule has 2 aromatic heterocycles. The molecular weight excluding hydrogens is 298 g/mol. The first kappa shape index (κ1) is 15.2. The predicted octanol–water partition coefficient (Wildman–Crippen LogP) is 1.88. The number of aromatic nitrogens is 2. The Kier molecular flexibility index (Phi) is 4.10. The van der Waals surface area contributed by atoms with Gasteiger partial charge in [0, 0.05) is 12.7 Å². The van der Waals surface area contributed by atoms with Crippen molar-refractivity contribution in [3.63, 3.8) is 0 Å². The molecule has 3 rings (SSSR count). The number of aryl methyl sites for hydroxylation is 1. The lowest BCUT2D eigenvalue weighted by molar-refractivity contribution is 0.0695. The monoisotopic (exact) mass is 315 g/mol. The topological polar surface area (TPSA) is 93.8 Å². The van der Waals surface area contributed by atoms with Crippen LogP contribution in [-0.4, -0.2) is 33.4 Å². The van der Waals surface area contributed by atoms with Gasteiger partial charge in [0.25, 0.3) is 0 Å². The fraction of sp³-hybridized carbons (Fsp3) is 0.375. The number of rotatable bonds is 6. The van der Waals surface area contributed by atoms with Gasteiger partial charge < -0.3 is 14.5 Å². The molecule has 23 heavy (non-hydrogen) atoms. The Hall–Kier alpha value is -2.70. The summed E-state index contributed by atoms with van der Waals surface area (Å²) < 4.78 is 1.64. The second kappa shape index (κ2) is 6.20. The zero-order chi connectivity index (χ0) is 16.4. The van der Waals surface area contributed by atoms with Crippen LogP contribution in [0, 0.1) is 5.92 Å². The van der Waals surface area contributed by atoms with Crippen LogP contribution >= 0.6 is 0 Å². The summed E-state index contributed by atoms with van der Waals surface area (Å²) in [5, 5.41) is 13.3. The van der Waals surface area contributed by atoms with E-state index in [1.165, 1.54) is 25.3 Å². The number of hydrogen-bond acceptors (Lipinski definition) is 5. The van der Waals surface area contributed by atoms with Gasteiger partial charge in [0.05, 0.1) is 17.3 Å². The summed E-state index contributed by atoms with van der Waals surface area (Å²) in [4.78, 5) is 32.9. The van der Waals surface area contributed by atoms with Crippen molar-refractivity contribution in [3.8, 4) is 0 Å². The maximum absolute atomic E-state index is 12.2. The Balaban J connectivity index is 1.96. The molecule has 7 heteroatoms. The van der Waals surface area contributed by atoms with E-state index in [1.54, 1.807) is 16.7 Å². The molecule has 7 nitrogen and oxygen atoms in total.